The Hall–Kier alpha value is -1.13. The van der Waals surface area contributed by atoms with Crippen LogP contribution < -0.4 is 0 Å². The van der Waals surface area contributed by atoms with Crippen LogP contribution in [0, 0.1) is 10.1 Å². The maximum Gasteiger partial charge on any atom is 0.303 e. The molecular weight excluding hydrogens is 198 g/mol. The van der Waals surface area contributed by atoms with Crippen LogP contribution in [0.2, 0.25) is 0 Å². The highest BCUT2D eigenvalue weighted by Gasteiger charge is 2.50. The quantitative estimate of drug-likeness (QED) is 0.408. The Morgan fingerprint density at radius 3 is 2.40 bits per heavy atom. The van der Waals surface area contributed by atoms with Gasteiger partial charge in [-0.1, -0.05) is 6.92 Å². The van der Waals surface area contributed by atoms with Crippen molar-refractivity contribution in [1.29, 1.82) is 0 Å². The molecule has 1 atom stereocenters. The van der Waals surface area contributed by atoms with Crippen molar-refractivity contribution in [3.05, 3.63) is 10.1 Å². The molecule has 1 aliphatic rings. The van der Waals surface area contributed by atoms with E-state index >= 15 is 0 Å². The van der Waals surface area contributed by atoms with Crippen LogP contribution >= 0.6 is 0 Å². The van der Waals surface area contributed by atoms with Gasteiger partial charge in [-0.05, 0) is 25.7 Å². The summed E-state index contributed by atoms with van der Waals surface area (Å²) in [5.41, 5.74) is -0.843. The summed E-state index contributed by atoms with van der Waals surface area (Å²) < 4.78 is 5.23. The fraction of sp³-hybridized carbons (Fsp3) is 0.900. The lowest BCUT2D eigenvalue weighted by Crippen LogP contribution is -2.47. The molecule has 5 nitrogen and oxygen atoms in total. The van der Waals surface area contributed by atoms with E-state index in [9.17, 15) is 14.9 Å². The van der Waals surface area contributed by atoms with E-state index in [1.165, 1.54) is 6.92 Å². The van der Waals surface area contributed by atoms with Gasteiger partial charge < -0.3 is 4.74 Å². The molecule has 0 bridgehead atoms. The molecule has 0 heterocycles. The predicted octanol–water partition coefficient (Wildman–Crippen LogP) is 1.92. The molecule has 1 unspecified atom stereocenters. The summed E-state index contributed by atoms with van der Waals surface area (Å²) in [6.45, 7) is 3.07. The number of carbonyl (C=O) groups is 1. The van der Waals surface area contributed by atoms with Gasteiger partial charge in [0.15, 0.2) is 5.60 Å². The van der Waals surface area contributed by atoms with Gasteiger partial charge in [0.05, 0.1) is 0 Å². The Balaban J connectivity index is 2.88. The standard InChI is InChI=1S/C10H17NO4/c1-3-9(11(13)14)10(15-8(2)12)6-4-5-7-10/h9H,3-7H2,1-2H3. The lowest BCUT2D eigenvalue weighted by Gasteiger charge is -2.30. The number of esters is 1. The lowest BCUT2D eigenvalue weighted by atomic mass is 9.90. The van der Waals surface area contributed by atoms with Crippen molar-refractivity contribution in [1.82, 2.24) is 0 Å². The van der Waals surface area contributed by atoms with Crippen LogP contribution in [0.4, 0.5) is 0 Å². The molecule has 0 aromatic heterocycles. The van der Waals surface area contributed by atoms with Crippen LogP contribution in [0.3, 0.4) is 0 Å². The minimum atomic E-state index is -0.843. The zero-order valence-electron chi connectivity index (χ0n) is 9.19. The van der Waals surface area contributed by atoms with Crippen molar-refractivity contribution < 1.29 is 14.5 Å². The van der Waals surface area contributed by atoms with Crippen molar-refractivity contribution in [2.45, 2.75) is 57.6 Å². The van der Waals surface area contributed by atoms with E-state index in [1.54, 1.807) is 6.92 Å². The number of hydrogen-bond acceptors (Lipinski definition) is 4. The second-order valence-corrected chi connectivity index (χ2v) is 4.07. The van der Waals surface area contributed by atoms with Crippen LogP contribution in [0.25, 0.3) is 0 Å². The third-order valence-corrected chi connectivity index (χ3v) is 3.05. The second-order valence-electron chi connectivity index (χ2n) is 4.07. The monoisotopic (exact) mass is 215 g/mol. The Labute approximate surface area is 88.9 Å². The van der Waals surface area contributed by atoms with Crippen molar-refractivity contribution in [2.75, 3.05) is 0 Å². The molecule has 0 aromatic carbocycles. The normalized spacial score (nSPS) is 20.9. The molecule has 0 spiro atoms. The highest BCUT2D eigenvalue weighted by molar-refractivity contribution is 5.66. The van der Waals surface area contributed by atoms with Gasteiger partial charge in [0, 0.05) is 18.3 Å². The number of ether oxygens (including phenoxy) is 1. The van der Waals surface area contributed by atoms with Crippen LogP contribution in [0.15, 0.2) is 0 Å². The van der Waals surface area contributed by atoms with Gasteiger partial charge in [-0.3, -0.25) is 14.9 Å². The summed E-state index contributed by atoms with van der Waals surface area (Å²) in [6.07, 6.45) is 3.44. The molecule has 0 aromatic rings. The van der Waals surface area contributed by atoms with E-state index in [4.69, 9.17) is 4.74 Å². The average Bonchev–Trinajstić information content (AvgIpc) is 2.52. The Morgan fingerprint density at radius 1 is 1.53 bits per heavy atom. The van der Waals surface area contributed by atoms with Crippen LogP contribution in [0.1, 0.15) is 46.0 Å². The third-order valence-electron chi connectivity index (χ3n) is 3.05. The first-order valence-electron chi connectivity index (χ1n) is 5.35. The van der Waals surface area contributed by atoms with Crippen molar-refractivity contribution in [3.63, 3.8) is 0 Å². The average molecular weight is 215 g/mol. The largest absolute Gasteiger partial charge is 0.452 e. The molecule has 0 aliphatic heterocycles. The first kappa shape index (κ1) is 11.9. The summed E-state index contributed by atoms with van der Waals surface area (Å²) in [7, 11) is 0. The van der Waals surface area contributed by atoms with Crippen molar-refractivity contribution >= 4 is 5.97 Å². The SMILES string of the molecule is CCC([N+](=O)[O-])C1(OC(C)=O)CCCC1. The van der Waals surface area contributed by atoms with Gasteiger partial charge in [0.1, 0.15) is 0 Å². The Kier molecular flexibility index (Phi) is 3.66. The summed E-state index contributed by atoms with van der Waals surface area (Å²) >= 11 is 0. The first-order valence-corrected chi connectivity index (χ1v) is 5.35. The third kappa shape index (κ3) is 2.46. The van der Waals surface area contributed by atoms with Crippen molar-refractivity contribution in [3.8, 4) is 0 Å². The molecule has 0 N–H and O–H groups in total. The molecule has 5 heteroatoms. The summed E-state index contributed by atoms with van der Waals surface area (Å²) in [5, 5.41) is 10.9. The van der Waals surface area contributed by atoms with Gasteiger partial charge >= 0.3 is 5.97 Å². The van der Waals surface area contributed by atoms with Crippen LogP contribution in [0.5, 0.6) is 0 Å². The molecule has 15 heavy (non-hydrogen) atoms. The van der Waals surface area contributed by atoms with Gasteiger partial charge in [0.2, 0.25) is 0 Å². The fourth-order valence-electron chi connectivity index (χ4n) is 2.48. The summed E-state index contributed by atoms with van der Waals surface area (Å²) in [6, 6.07) is -0.760. The van der Waals surface area contributed by atoms with Crippen LogP contribution in [-0.4, -0.2) is 22.5 Å². The summed E-state index contributed by atoms with van der Waals surface area (Å²) in [5.74, 6) is -0.419. The maximum absolute atomic E-state index is 11.0. The van der Waals surface area contributed by atoms with Gasteiger partial charge in [0.25, 0.3) is 6.04 Å². The predicted molar refractivity (Wildman–Crippen MR) is 54.0 cm³/mol. The van der Waals surface area contributed by atoms with E-state index in [2.05, 4.69) is 0 Å². The molecule has 0 radical (unpaired) electrons. The van der Waals surface area contributed by atoms with E-state index < -0.39 is 17.6 Å². The van der Waals surface area contributed by atoms with Gasteiger partial charge in [-0.2, -0.15) is 0 Å². The van der Waals surface area contributed by atoms with Gasteiger partial charge in [-0.15, -0.1) is 0 Å². The smallest absolute Gasteiger partial charge is 0.303 e. The minimum Gasteiger partial charge on any atom is -0.452 e. The number of nitrogens with zero attached hydrogens (tertiary/aromatic N) is 1. The number of hydrogen-bond donors (Lipinski definition) is 0. The molecule has 1 fully saturated rings. The molecule has 0 saturated heterocycles. The molecule has 1 aliphatic carbocycles. The first-order chi connectivity index (χ1) is 7.02. The zero-order valence-corrected chi connectivity index (χ0v) is 9.19. The van der Waals surface area contributed by atoms with E-state index in [1.807, 2.05) is 0 Å². The molecule has 1 saturated carbocycles. The van der Waals surface area contributed by atoms with Gasteiger partial charge in [-0.25, -0.2) is 0 Å². The Bertz CT molecular complexity index is 258. The number of rotatable bonds is 4. The summed E-state index contributed by atoms with van der Waals surface area (Å²) in [4.78, 5) is 21.6. The molecule has 1 rings (SSSR count). The van der Waals surface area contributed by atoms with E-state index in [0.717, 1.165) is 12.8 Å². The number of carbonyl (C=O) groups excluding carboxylic acids is 1. The highest BCUT2D eigenvalue weighted by atomic mass is 16.6. The zero-order chi connectivity index (χ0) is 11.5. The minimum absolute atomic E-state index is 0.311. The maximum atomic E-state index is 11.0. The van der Waals surface area contributed by atoms with E-state index in [-0.39, 0.29) is 4.92 Å². The van der Waals surface area contributed by atoms with E-state index in [0.29, 0.717) is 19.3 Å². The van der Waals surface area contributed by atoms with Crippen LogP contribution in [-0.2, 0) is 9.53 Å². The Morgan fingerprint density at radius 2 is 2.07 bits per heavy atom. The molecule has 0 amide bonds. The second kappa shape index (κ2) is 4.59. The lowest BCUT2D eigenvalue weighted by molar-refractivity contribution is -0.545. The number of nitro groups is 1. The highest BCUT2D eigenvalue weighted by Crippen LogP contribution is 2.38. The molecule has 86 valence electrons. The fourth-order valence-corrected chi connectivity index (χ4v) is 2.48. The molecular formula is C10H17NO4. The van der Waals surface area contributed by atoms with Crippen molar-refractivity contribution in [2.24, 2.45) is 0 Å². The topological polar surface area (TPSA) is 69.4 Å².